The van der Waals surface area contributed by atoms with Crippen LogP contribution in [0.15, 0.2) is 12.3 Å². The summed E-state index contributed by atoms with van der Waals surface area (Å²) in [5.74, 6) is 1.51. The number of thioether (sulfide) groups is 1. The monoisotopic (exact) mass is 294 g/mol. The molecule has 0 spiro atoms. The highest BCUT2D eigenvalue weighted by atomic mass is 32.2. The molecule has 2 rings (SSSR count). The maximum absolute atomic E-state index is 11.2. The largest absolute Gasteiger partial charge is 0.468 e. The fraction of sp³-hybridized carbons (Fsp3) is 0.462. The maximum atomic E-state index is 11.2. The molecule has 6 nitrogen and oxygen atoms in total. The molecule has 2 aromatic heterocycles. The molecule has 0 aliphatic carbocycles. The number of carbonyl (C=O) groups excluding carboxylic acids is 1. The first-order valence-corrected chi connectivity index (χ1v) is 7.40. The summed E-state index contributed by atoms with van der Waals surface area (Å²) in [7, 11) is 1.34. The van der Waals surface area contributed by atoms with Crippen LogP contribution in [0.2, 0.25) is 0 Å². The first-order chi connectivity index (χ1) is 9.51. The van der Waals surface area contributed by atoms with Gasteiger partial charge in [-0.2, -0.15) is 11.8 Å². The van der Waals surface area contributed by atoms with Crippen molar-refractivity contribution in [3.05, 3.63) is 29.3 Å². The zero-order valence-corrected chi connectivity index (χ0v) is 12.6. The Labute approximate surface area is 121 Å². The maximum Gasteiger partial charge on any atom is 0.323 e. The van der Waals surface area contributed by atoms with E-state index in [0.717, 1.165) is 17.1 Å². The highest BCUT2D eigenvalue weighted by Gasteiger charge is 2.14. The summed E-state index contributed by atoms with van der Waals surface area (Å²) in [4.78, 5) is 20.0. The van der Waals surface area contributed by atoms with Gasteiger partial charge in [0.2, 0.25) is 5.78 Å². The summed E-state index contributed by atoms with van der Waals surface area (Å²) in [6, 6.07) is 1.42. The van der Waals surface area contributed by atoms with Crippen LogP contribution in [0.4, 0.5) is 0 Å². The highest BCUT2D eigenvalue weighted by Crippen LogP contribution is 2.14. The molecule has 108 valence electrons. The van der Waals surface area contributed by atoms with Crippen molar-refractivity contribution >= 4 is 23.5 Å². The molecule has 0 saturated carbocycles. The Hall–Kier alpha value is -1.60. The number of nitrogens with zero attached hydrogens (tertiary/aromatic N) is 3. The predicted molar refractivity (Wildman–Crippen MR) is 78.6 cm³/mol. The molecule has 0 aromatic carbocycles. The number of ether oxygens (including phenoxy) is 1. The molecule has 2 N–H and O–H groups in total. The third-order valence-electron chi connectivity index (χ3n) is 2.86. The fourth-order valence-corrected chi connectivity index (χ4v) is 2.75. The predicted octanol–water partition coefficient (Wildman–Crippen LogP) is 1.08. The Morgan fingerprint density at radius 2 is 2.25 bits per heavy atom. The van der Waals surface area contributed by atoms with Gasteiger partial charge in [0.25, 0.3) is 0 Å². The minimum Gasteiger partial charge on any atom is -0.468 e. The van der Waals surface area contributed by atoms with E-state index in [2.05, 4.69) is 14.7 Å². The normalized spacial score (nSPS) is 12.6. The summed E-state index contributed by atoms with van der Waals surface area (Å²) in [6.07, 6.45) is 1.97. The van der Waals surface area contributed by atoms with Gasteiger partial charge in [0.05, 0.1) is 12.8 Å². The second-order valence-corrected chi connectivity index (χ2v) is 5.62. The summed E-state index contributed by atoms with van der Waals surface area (Å²) >= 11 is 1.55. The van der Waals surface area contributed by atoms with E-state index in [1.54, 1.807) is 11.8 Å². The molecule has 0 bridgehead atoms. The molecular weight excluding hydrogens is 276 g/mol. The lowest BCUT2D eigenvalue weighted by Gasteiger charge is -2.07. The van der Waals surface area contributed by atoms with E-state index in [1.807, 2.05) is 30.5 Å². The third kappa shape index (κ3) is 3.29. The molecule has 2 aromatic rings. The first-order valence-electron chi connectivity index (χ1n) is 6.24. The zero-order chi connectivity index (χ0) is 14.7. The molecule has 20 heavy (non-hydrogen) atoms. The van der Waals surface area contributed by atoms with Gasteiger partial charge in [-0.05, 0) is 19.9 Å². The van der Waals surface area contributed by atoms with Crippen molar-refractivity contribution in [3.63, 3.8) is 0 Å². The zero-order valence-electron chi connectivity index (χ0n) is 11.8. The van der Waals surface area contributed by atoms with Crippen molar-refractivity contribution in [3.8, 4) is 0 Å². The van der Waals surface area contributed by atoms with Gasteiger partial charge in [0.15, 0.2) is 0 Å². The van der Waals surface area contributed by atoms with Gasteiger partial charge in [-0.3, -0.25) is 9.20 Å². The van der Waals surface area contributed by atoms with Crippen LogP contribution < -0.4 is 5.73 Å². The average molecular weight is 294 g/mol. The summed E-state index contributed by atoms with van der Waals surface area (Å²) in [6.45, 7) is 3.97. The standard InChI is InChI=1S/C13H18N4O2S/c1-8-4-9(2)17-5-10(16-13(17)15-8)6-20-7-11(14)12(18)19-3/h4-5,11H,6-7,14H2,1-3H3. The van der Waals surface area contributed by atoms with E-state index in [-0.39, 0.29) is 5.97 Å². The molecule has 0 aliphatic rings. The molecule has 7 heteroatoms. The smallest absolute Gasteiger partial charge is 0.323 e. The van der Waals surface area contributed by atoms with Crippen molar-refractivity contribution in [1.82, 2.24) is 14.4 Å². The van der Waals surface area contributed by atoms with E-state index in [0.29, 0.717) is 17.3 Å². The number of nitrogens with two attached hydrogens (primary N) is 1. The summed E-state index contributed by atoms with van der Waals surface area (Å²) in [5, 5.41) is 0. The minimum atomic E-state index is -0.593. The number of esters is 1. The van der Waals surface area contributed by atoms with Gasteiger partial charge >= 0.3 is 5.97 Å². The van der Waals surface area contributed by atoms with E-state index < -0.39 is 6.04 Å². The Morgan fingerprint density at radius 3 is 2.95 bits per heavy atom. The Kier molecular flexibility index (Phi) is 4.61. The lowest BCUT2D eigenvalue weighted by Crippen LogP contribution is -2.33. The molecule has 0 aliphatic heterocycles. The van der Waals surface area contributed by atoms with Gasteiger partial charge in [-0.1, -0.05) is 0 Å². The van der Waals surface area contributed by atoms with Crippen LogP contribution in [0.3, 0.4) is 0 Å². The van der Waals surface area contributed by atoms with Gasteiger partial charge < -0.3 is 10.5 Å². The molecular formula is C13H18N4O2S. The average Bonchev–Trinajstić information content (AvgIpc) is 2.80. The van der Waals surface area contributed by atoms with Gasteiger partial charge in [-0.15, -0.1) is 0 Å². The number of methoxy groups -OCH3 is 1. The van der Waals surface area contributed by atoms with Crippen LogP contribution in [0.25, 0.3) is 5.78 Å². The van der Waals surface area contributed by atoms with Crippen molar-refractivity contribution in [2.75, 3.05) is 12.9 Å². The Balaban J connectivity index is 2.00. The number of fused-ring (bicyclic) bond motifs is 1. The van der Waals surface area contributed by atoms with Crippen molar-refractivity contribution in [1.29, 1.82) is 0 Å². The molecule has 0 fully saturated rings. The first kappa shape index (κ1) is 14.8. The van der Waals surface area contributed by atoms with Crippen LogP contribution in [0.1, 0.15) is 17.1 Å². The van der Waals surface area contributed by atoms with E-state index in [4.69, 9.17) is 5.73 Å². The number of hydrogen-bond acceptors (Lipinski definition) is 6. The van der Waals surface area contributed by atoms with Crippen molar-refractivity contribution in [2.45, 2.75) is 25.6 Å². The number of rotatable bonds is 5. The van der Waals surface area contributed by atoms with Crippen molar-refractivity contribution in [2.24, 2.45) is 5.73 Å². The molecule has 1 atom stereocenters. The molecule has 0 radical (unpaired) electrons. The van der Waals surface area contributed by atoms with Gasteiger partial charge in [0, 0.05) is 29.1 Å². The Bertz CT molecular complexity index is 626. The SMILES string of the molecule is COC(=O)C(N)CSCc1cn2c(C)cc(C)nc2n1. The number of aromatic nitrogens is 3. The van der Waals surface area contributed by atoms with Crippen LogP contribution in [-0.4, -0.2) is 39.2 Å². The summed E-state index contributed by atoms with van der Waals surface area (Å²) in [5.41, 5.74) is 8.65. The number of carbonyl (C=O) groups is 1. The quantitative estimate of drug-likeness (QED) is 0.831. The van der Waals surface area contributed by atoms with E-state index in [9.17, 15) is 4.79 Å². The van der Waals surface area contributed by atoms with E-state index in [1.165, 1.54) is 7.11 Å². The van der Waals surface area contributed by atoms with Gasteiger partial charge in [-0.25, -0.2) is 9.97 Å². The highest BCUT2D eigenvalue weighted by molar-refractivity contribution is 7.98. The molecule has 1 unspecified atom stereocenters. The molecule has 2 heterocycles. The number of imidazole rings is 1. The second kappa shape index (κ2) is 6.23. The van der Waals surface area contributed by atoms with Crippen LogP contribution >= 0.6 is 11.8 Å². The lowest BCUT2D eigenvalue weighted by atomic mass is 10.3. The second-order valence-electron chi connectivity index (χ2n) is 4.59. The topological polar surface area (TPSA) is 82.5 Å². The van der Waals surface area contributed by atoms with Crippen LogP contribution in [-0.2, 0) is 15.3 Å². The summed E-state index contributed by atoms with van der Waals surface area (Å²) < 4.78 is 6.55. The molecule has 0 saturated heterocycles. The van der Waals surface area contributed by atoms with E-state index >= 15 is 0 Å². The number of hydrogen-bond donors (Lipinski definition) is 1. The lowest BCUT2D eigenvalue weighted by molar-refractivity contribution is -0.141. The molecule has 0 amide bonds. The van der Waals surface area contributed by atoms with Crippen molar-refractivity contribution < 1.29 is 9.53 Å². The fourth-order valence-electron chi connectivity index (χ4n) is 1.90. The number of aryl methyl sites for hydroxylation is 2. The van der Waals surface area contributed by atoms with Crippen LogP contribution in [0, 0.1) is 13.8 Å². The van der Waals surface area contributed by atoms with Gasteiger partial charge in [0.1, 0.15) is 6.04 Å². The third-order valence-corrected chi connectivity index (χ3v) is 3.96. The Morgan fingerprint density at radius 1 is 1.50 bits per heavy atom. The minimum absolute atomic E-state index is 0.388. The van der Waals surface area contributed by atoms with Crippen LogP contribution in [0.5, 0.6) is 0 Å².